The average molecular weight is 498 g/mol. The van der Waals surface area contributed by atoms with E-state index in [-0.39, 0.29) is 23.8 Å². The average Bonchev–Trinajstić information content (AvgIpc) is 3.32. The number of rotatable bonds is 6. The largest absolute Gasteiger partial charge is 0.351 e. The fourth-order valence-electron chi connectivity index (χ4n) is 6.02. The fraction of sp³-hybridized carbons (Fsp3) is 0.438. The summed E-state index contributed by atoms with van der Waals surface area (Å²) in [6.07, 6.45) is 8.08. The van der Waals surface area contributed by atoms with E-state index in [0.29, 0.717) is 18.8 Å². The number of carbonyl (C=O) groups is 2. The van der Waals surface area contributed by atoms with Gasteiger partial charge in [-0.2, -0.15) is 0 Å². The normalized spacial score (nSPS) is 21.6. The van der Waals surface area contributed by atoms with Gasteiger partial charge in [-0.05, 0) is 48.9 Å². The molecule has 3 aromatic rings. The predicted octanol–water partition coefficient (Wildman–Crippen LogP) is 6.40. The number of nitrogens with zero attached hydrogens (tertiary/aromatic N) is 2. The Balaban J connectivity index is 1.49. The second-order valence-corrected chi connectivity index (χ2v) is 11.1. The topological polar surface area (TPSA) is 54.3 Å². The molecule has 1 aromatic heterocycles. The summed E-state index contributed by atoms with van der Waals surface area (Å²) >= 11 is 0. The van der Waals surface area contributed by atoms with E-state index in [0.717, 1.165) is 36.9 Å². The lowest BCUT2D eigenvalue weighted by Gasteiger charge is -2.46. The highest BCUT2D eigenvalue weighted by atomic mass is 16.2. The molecule has 0 spiro atoms. The Bertz CT molecular complexity index is 1210. The van der Waals surface area contributed by atoms with Crippen LogP contribution in [0.2, 0.25) is 0 Å². The summed E-state index contributed by atoms with van der Waals surface area (Å²) in [5.41, 5.74) is 2.86. The Kier molecular flexibility index (Phi) is 7.50. The number of hydrogen-bond acceptors (Lipinski definition) is 2. The molecular formula is C32H39N3O2. The van der Waals surface area contributed by atoms with Crippen molar-refractivity contribution >= 4 is 11.8 Å². The molecule has 1 fully saturated rings. The van der Waals surface area contributed by atoms with Gasteiger partial charge in [0.05, 0.1) is 6.54 Å². The van der Waals surface area contributed by atoms with Crippen LogP contribution in [0.25, 0.3) is 11.3 Å². The Hall–Kier alpha value is -3.34. The maximum Gasteiger partial charge on any atom is 0.271 e. The van der Waals surface area contributed by atoms with Gasteiger partial charge in [0.2, 0.25) is 5.91 Å². The monoisotopic (exact) mass is 497 g/mol. The molecule has 2 heterocycles. The smallest absolute Gasteiger partial charge is 0.271 e. The molecule has 2 atom stereocenters. The van der Waals surface area contributed by atoms with E-state index < -0.39 is 5.54 Å². The Morgan fingerprint density at radius 3 is 2.16 bits per heavy atom. The molecule has 1 saturated carbocycles. The Morgan fingerprint density at radius 2 is 1.49 bits per heavy atom. The molecule has 2 aromatic carbocycles. The molecule has 194 valence electrons. The molecule has 1 aliphatic carbocycles. The van der Waals surface area contributed by atoms with Crippen molar-refractivity contribution < 1.29 is 9.59 Å². The molecule has 2 aliphatic rings. The third kappa shape index (κ3) is 5.22. The van der Waals surface area contributed by atoms with E-state index >= 15 is 0 Å². The zero-order valence-electron chi connectivity index (χ0n) is 22.2. The van der Waals surface area contributed by atoms with Crippen molar-refractivity contribution in [2.45, 2.75) is 82.8 Å². The highest BCUT2D eigenvalue weighted by Crippen LogP contribution is 2.35. The second kappa shape index (κ2) is 11.0. The van der Waals surface area contributed by atoms with Crippen LogP contribution < -0.4 is 5.32 Å². The summed E-state index contributed by atoms with van der Waals surface area (Å²) in [5.74, 6) is -0.00894. The van der Waals surface area contributed by atoms with Crippen molar-refractivity contribution in [1.29, 1.82) is 0 Å². The first-order valence-corrected chi connectivity index (χ1v) is 13.9. The van der Waals surface area contributed by atoms with Gasteiger partial charge in [-0.15, -0.1) is 0 Å². The minimum absolute atomic E-state index is 0.0370. The van der Waals surface area contributed by atoms with Crippen LogP contribution in [0.15, 0.2) is 72.8 Å². The van der Waals surface area contributed by atoms with Crippen LogP contribution in [-0.4, -0.2) is 39.4 Å². The van der Waals surface area contributed by atoms with Gasteiger partial charge in [-0.3, -0.25) is 9.59 Å². The van der Waals surface area contributed by atoms with Gasteiger partial charge >= 0.3 is 0 Å². The first-order chi connectivity index (χ1) is 18.0. The van der Waals surface area contributed by atoms with Crippen LogP contribution >= 0.6 is 0 Å². The second-order valence-electron chi connectivity index (χ2n) is 11.1. The summed E-state index contributed by atoms with van der Waals surface area (Å²) in [4.78, 5) is 30.0. The van der Waals surface area contributed by atoms with Crippen LogP contribution in [0.4, 0.5) is 0 Å². The highest BCUT2D eigenvalue weighted by molar-refractivity contribution is 6.00. The van der Waals surface area contributed by atoms with E-state index in [1.807, 2.05) is 60.4 Å². The van der Waals surface area contributed by atoms with Crippen molar-refractivity contribution in [2.24, 2.45) is 0 Å². The molecule has 1 N–H and O–H groups in total. The van der Waals surface area contributed by atoms with E-state index in [1.165, 1.54) is 24.8 Å². The lowest BCUT2D eigenvalue weighted by atomic mass is 9.90. The minimum Gasteiger partial charge on any atom is -0.351 e. The number of benzene rings is 2. The molecule has 0 saturated heterocycles. The summed E-state index contributed by atoms with van der Waals surface area (Å²) in [7, 11) is 0. The molecule has 0 radical (unpaired) electrons. The van der Waals surface area contributed by atoms with Crippen molar-refractivity contribution in [3.63, 3.8) is 0 Å². The summed E-state index contributed by atoms with van der Waals surface area (Å²) in [5, 5.41) is 3.40. The molecule has 2 unspecified atom stereocenters. The number of carbonyl (C=O) groups excluding carboxylic acids is 2. The number of aromatic nitrogens is 1. The number of nitrogens with one attached hydrogen (secondary N) is 1. The molecule has 1 aliphatic heterocycles. The predicted molar refractivity (Wildman–Crippen MR) is 148 cm³/mol. The zero-order valence-corrected chi connectivity index (χ0v) is 22.2. The van der Waals surface area contributed by atoms with Gasteiger partial charge in [0.25, 0.3) is 5.91 Å². The standard InChI is InChI=1S/C32H39N3O2/c1-24(25-14-8-6-9-15-25)22-35-30(36)29-21-20-28(26-16-10-7-11-17-26)34(29)23-32(35,2)31(37)33-27-18-12-4-3-5-13-19-27/h6-11,14-17,20-21,24,27H,3-5,12-13,18-19,22-23H2,1-2H3,(H,33,37). The van der Waals surface area contributed by atoms with Crippen molar-refractivity contribution in [3.8, 4) is 11.3 Å². The lowest BCUT2D eigenvalue weighted by Crippen LogP contribution is -2.65. The van der Waals surface area contributed by atoms with Crippen LogP contribution in [0.1, 0.15) is 80.8 Å². The molecule has 5 heteroatoms. The molecule has 2 amide bonds. The number of hydrogen-bond donors (Lipinski definition) is 1. The van der Waals surface area contributed by atoms with E-state index in [4.69, 9.17) is 0 Å². The van der Waals surface area contributed by atoms with Crippen LogP contribution in [0.3, 0.4) is 0 Å². The summed E-state index contributed by atoms with van der Waals surface area (Å²) < 4.78 is 2.05. The molecular weight excluding hydrogens is 458 g/mol. The Labute approximate surface area is 220 Å². The molecule has 5 nitrogen and oxygen atoms in total. The Morgan fingerprint density at radius 1 is 0.892 bits per heavy atom. The van der Waals surface area contributed by atoms with E-state index in [1.54, 1.807) is 0 Å². The van der Waals surface area contributed by atoms with Gasteiger partial charge in [-0.1, -0.05) is 99.7 Å². The summed E-state index contributed by atoms with van der Waals surface area (Å²) in [6, 6.07) is 24.5. The van der Waals surface area contributed by atoms with E-state index in [2.05, 4.69) is 41.1 Å². The first kappa shape index (κ1) is 25.3. The zero-order chi connectivity index (χ0) is 25.8. The number of fused-ring (bicyclic) bond motifs is 1. The van der Waals surface area contributed by atoms with Gasteiger partial charge in [0.15, 0.2) is 0 Å². The van der Waals surface area contributed by atoms with Gasteiger partial charge in [0, 0.05) is 18.3 Å². The van der Waals surface area contributed by atoms with Crippen molar-refractivity contribution in [3.05, 3.63) is 84.1 Å². The summed E-state index contributed by atoms with van der Waals surface area (Å²) in [6.45, 7) is 5.02. The molecule has 0 bridgehead atoms. The van der Waals surface area contributed by atoms with E-state index in [9.17, 15) is 9.59 Å². The van der Waals surface area contributed by atoms with Crippen LogP contribution in [0.5, 0.6) is 0 Å². The SMILES string of the molecule is CC(CN1C(=O)c2ccc(-c3ccccc3)n2CC1(C)C(=O)NC1CCCCCCC1)c1ccccc1. The van der Waals surface area contributed by atoms with Gasteiger partial charge < -0.3 is 14.8 Å². The van der Waals surface area contributed by atoms with Crippen LogP contribution in [0, 0.1) is 0 Å². The van der Waals surface area contributed by atoms with Gasteiger partial charge in [-0.25, -0.2) is 0 Å². The minimum atomic E-state index is -0.988. The maximum absolute atomic E-state index is 14.1. The lowest BCUT2D eigenvalue weighted by molar-refractivity contribution is -0.133. The third-order valence-electron chi connectivity index (χ3n) is 8.33. The fourth-order valence-corrected chi connectivity index (χ4v) is 6.02. The van der Waals surface area contributed by atoms with Crippen LogP contribution in [-0.2, 0) is 11.3 Å². The number of amides is 2. The first-order valence-electron chi connectivity index (χ1n) is 13.9. The third-order valence-corrected chi connectivity index (χ3v) is 8.33. The maximum atomic E-state index is 14.1. The quantitative estimate of drug-likeness (QED) is 0.428. The van der Waals surface area contributed by atoms with Crippen molar-refractivity contribution in [1.82, 2.24) is 14.8 Å². The van der Waals surface area contributed by atoms with Crippen molar-refractivity contribution in [2.75, 3.05) is 6.54 Å². The molecule has 37 heavy (non-hydrogen) atoms. The van der Waals surface area contributed by atoms with Gasteiger partial charge in [0.1, 0.15) is 11.2 Å². The molecule has 5 rings (SSSR count). The highest BCUT2D eigenvalue weighted by Gasteiger charge is 2.48.